The van der Waals surface area contributed by atoms with Crippen LogP contribution in [-0.2, 0) is 11.3 Å². The van der Waals surface area contributed by atoms with E-state index in [1.807, 2.05) is 18.2 Å². The summed E-state index contributed by atoms with van der Waals surface area (Å²) in [5.74, 6) is 0. The third-order valence-corrected chi connectivity index (χ3v) is 2.22. The van der Waals surface area contributed by atoms with Gasteiger partial charge < -0.3 is 4.74 Å². The van der Waals surface area contributed by atoms with Gasteiger partial charge in [-0.05, 0) is 18.9 Å². The van der Waals surface area contributed by atoms with Crippen LogP contribution in [0.25, 0.3) is 0 Å². The summed E-state index contributed by atoms with van der Waals surface area (Å²) in [5.41, 5.74) is 2.62. The first-order valence-corrected chi connectivity index (χ1v) is 5.10. The molecule has 1 nitrogen and oxygen atoms in total. The monoisotopic (exact) mass is 190 g/mol. The van der Waals surface area contributed by atoms with E-state index in [1.54, 1.807) is 0 Å². The number of hydrogen-bond donors (Lipinski definition) is 0. The molecule has 0 unspecified atom stereocenters. The van der Waals surface area contributed by atoms with E-state index < -0.39 is 0 Å². The third kappa shape index (κ3) is 4.24. The first-order chi connectivity index (χ1) is 6.83. The van der Waals surface area contributed by atoms with E-state index in [9.17, 15) is 0 Å². The minimum absolute atomic E-state index is 0.703. The average molecular weight is 190 g/mol. The van der Waals surface area contributed by atoms with Gasteiger partial charge in [0, 0.05) is 0 Å². The molecule has 0 aliphatic heterocycles. The normalized spacial score (nSPS) is 11.7. The van der Waals surface area contributed by atoms with Gasteiger partial charge in [0.1, 0.15) is 0 Å². The maximum Gasteiger partial charge on any atom is 0.0721 e. The van der Waals surface area contributed by atoms with Gasteiger partial charge in [0.25, 0.3) is 0 Å². The second-order valence-corrected chi connectivity index (χ2v) is 3.40. The van der Waals surface area contributed by atoms with Crippen LogP contribution in [0.5, 0.6) is 0 Å². The Labute approximate surface area is 86.4 Å². The Hall–Kier alpha value is -1.08. The highest BCUT2D eigenvalue weighted by Gasteiger charge is 1.89. The van der Waals surface area contributed by atoms with E-state index in [4.69, 9.17) is 4.74 Å². The Morgan fingerprint density at radius 1 is 1.29 bits per heavy atom. The van der Waals surface area contributed by atoms with Gasteiger partial charge in [-0.15, -0.1) is 0 Å². The van der Waals surface area contributed by atoms with Crippen molar-refractivity contribution < 1.29 is 4.74 Å². The Balaban J connectivity index is 2.23. The third-order valence-electron chi connectivity index (χ3n) is 2.22. The predicted molar refractivity (Wildman–Crippen MR) is 60.1 cm³/mol. The first-order valence-electron chi connectivity index (χ1n) is 5.10. The molecule has 0 aliphatic rings. The van der Waals surface area contributed by atoms with E-state index in [2.05, 4.69) is 32.1 Å². The van der Waals surface area contributed by atoms with Gasteiger partial charge in [-0.1, -0.05) is 48.9 Å². The van der Waals surface area contributed by atoms with Gasteiger partial charge in [-0.25, -0.2) is 0 Å². The molecule has 0 atom stereocenters. The minimum Gasteiger partial charge on any atom is -0.373 e. The Bertz CT molecular complexity index is 275. The quantitative estimate of drug-likeness (QED) is 0.509. The minimum atomic E-state index is 0.703. The summed E-state index contributed by atoms with van der Waals surface area (Å²) in [6.07, 6.45) is 3.25. The summed E-state index contributed by atoms with van der Waals surface area (Å²) in [6, 6.07) is 10.2. The van der Waals surface area contributed by atoms with Crippen molar-refractivity contribution in [2.75, 3.05) is 6.61 Å². The zero-order valence-corrected chi connectivity index (χ0v) is 8.99. The van der Waals surface area contributed by atoms with Gasteiger partial charge in [-0.3, -0.25) is 0 Å². The summed E-state index contributed by atoms with van der Waals surface area (Å²) in [6.45, 7) is 5.71. The molecule has 1 aromatic rings. The number of hydrogen-bond acceptors (Lipinski definition) is 1. The molecule has 1 aromatic carbocycles. The second-order valence-electron chi connectivity index (χ2n) is 3.40. The molecular formula is C13H18O. The molecule has 0 N–H and O–H groups in total. The highest BCUT2D eigenvalue weighted by molar-refractivity contribution is 5.13. The van der Waals surface area contributed by atoms with E-state index in [0.29, 0.717) is 13.2 Å². The molecule has 0 radical (unpaired) electrons. The molecule has 14 heavy (non-hydrogen) atoms. The summed E-state index contributed by atoms with van der Waals surface area (Å²) in [5, 5.41) is 0. The highest BCUT2D eigenvalue weighted by Crippen LogP contribution is 2.02. The lowest BCUT2D eigenvalue weighted by atomic mass is 10.2. The number of rotatable bonds is 5. The van der Waals surface area contributed by atoms with Crippen LogP contribution in [0.3, 0.4) is 0 Å². The van der Waals surface area contributed by atoms with Crippen LogP contribution >= 0.6 is 0 Å². The summed E-state index contributed by atoms with van der Waals surface area (Å²) < 4.78 is 5.52. The van der Waals surface area contributed by atoms with Crippen molar-refractivity contribution >= 4 is 0 Å². The van der Waals surface area contributed by atoms with Crippen molar-refractivity contribution in [1.82, 2.24) is 0 Å². The van der Waals surface area contributed by atoms with Crippen LogP contribution in [0.4, 0.5) is 0 Å². The number of benzene rings is 1. The topological polar surface area (TPSA) is 9.23 Å². The Morgan fingerprint density at radius 3 is 2.64 bits per heavy atom. The van der Waals surface area contributed by atoms with Crippen LogP contribution in [0.15, 0.2) is 42.0 Å². The molecule has 0 spiro atoms. The average Bonchev–Trinajstić information content (AvgIpc) is 2.25. The van der Waals surface area contributed by atoms with E-state index in [0.717, 1.165) is 6.42 Å². The van der Waals surface area contributed by atoms with Crippen LogP contribution < -0.4 is 0 Å². The van der Waals surface area contributed by atoms with Crippen molar-refractivity contribution in [2.24, 2.45) is 0 Å². The van der Waals surface area contributed by atoms with Crippen molar-refractivity contribution in [1.29, 1.82) is 0 Å². The molecule has 1 rings (SSSR count). The molecule has 0 amide bonds. The lowest BCUT2D eigenvalue weighted by Gasteiger charge is -2.01. The molecule has 0 aromatic heterocycles. The van der Waals surface area contributed by atoms with Crippen molar-refractivity contribution in [3.05, 3.63) is 47.5 Å². The number of ether oxygens (including phenoxy) is 1. The molecule has 0 bridgehead atoms. The maximum atomic E-state index is 5.52. The van der Waals surface area contributed by atoms with Crippen LogP contribution in [-0.4, -0.2) is 6.61 Å². The number of allylic oxidation sites excluding steroid dienone is 1. The van der Waals surface area contributed by atoms with Gasteiger partial charge in [0.2, 0.25) is 0 Å². The summed E-state index contributed by atoms with van der Waals surface area (Å²) >= 11 is 0. The molecule has 0 fully saturated rings. The van der Waals surface area contributed by atoms with E-state index >= 15 is 0 Å². The van der Waals surface area contributed by atoms with E-state index in [-0.39, 0.29) is 0 Å². The molecule has 0 saturated carbocycles. The first kappa shape index (κ1) is 11.0. The maximum absolute atomic E-state index is 5.52. The Morgan fingerprint density at radius 2 is 2.00 bits per heavy atom. The van der Waals surface area contributed by atoms with Crippen molar-refractivity contribution in [3.8, 4) is 0 Å². The largest absolute Gasteiger partial charge is 0.373 e. The zero-order valence-electron chi connectivity index (χ0n) is 8.99. The van der Waals surface area contributed by atoms with Crippen LogP contribution in [0.2, 0.25) is 0 Å². The Kier molecular flexibility index (Phi) is 5.02. The molecule has 76 valence electrons. The van der Waals surface area contributed by atoms with Crippen molar-refractivity contribution in [2.45, 2.75) is 26.9 Å². The van der Waals surface area contributed by atoms with Gasteiger partial charge in [-0.2, -0.15) is 0 Å². The fraction of sp³-hybridized carbons (Fsp3) is 0.385. The summed E-state index contributed by atoms with van der Waals surface area (Å²) in [4.78, 5) is 0. The highest BCUT2D eigenvalue weighted by atomic mass is 16.5. The molecule has 1 heteroatoms. The van der Waals surface area contributed by atoms with Crippen LogP contribution in [0.1, 0.15) is 25.8 Å². The zero-order chi connectivity index (χ0) is 10.2. The fourth-order valence-corrected chi connectivity index (χ4v) is 1.10. The smallest absolute Gasteiger partial charge is 0.0721 e. The SMILES string of the molecule is CCC(C)=CCOCc1ccccc1. The molecule has 0 saturated heterocycles. The summed E-state index contributed by atoms with van der Waals surface area (Å²) in [7, 11) is 0. The van der Waals surface area contributed by atoms with Gasteiger partial charge in [0.05, 0.1) is 13.2 Å². The molecular weight excluding hydrogens is 172 g/mol. The van der Waals surface area contributed by atoms with Gasteiger partial charge in [0.15, 0.2) is 0 Å². The second kappa shape index (κ2) is 6.39. The standard InChI is InChI=1S/C13H18O/c1-3-12(2)9-10-14-11-13-7-5-4-6-8-13/h4-9H,3,10-11H2,1-2H3. The molecule has 0 aliphatic carbocycles. The van der Waals surface area contributed by atoms with E-state index in [1.165, 1.54) is 11.1 Å². The lowest BCUT2D eigenvalue weighted by Crippen LogP contribution is -1.93. The molecule has 0 heterocycles. The van der Waals surface area contributed by atoms with Gasteiger partial charge >= 0.3 is 0 Å². The fourth-order valence-electron chi connectivity index (χ4n) is 1.10. The van der Waals surface area contributed by atoms with Crippen LogP contribution in [0, 0.1) is 0 Å². The van der Waals surface area contributed by atoms with Crippen molar-refractivity contribution in [3.63, 3.8) is 0 Å². The lowest BCUT2D eigenvalue weighted by molar-refractivity contribution is 0.148. The predicted octanol–water partition coefficient (Wildman–Crippen LogP) is 3.56.